The van der Waals surface area contributed by atoms with Gasteiger partial charge in [-0.15, -0.1) is 0 Å². The maximum absolute atomic E-state index is 3.55. The zero-order chi connectivity index (χ0) is 13.1. The Morgan fingerprint density at radius 1 is 1.00 bits per heavy atom. The average molecular weight is 241 g/mol. The van der Waals surface area contributed by atoms with Crippen molar-refractivity contribution in [3.63, 3.8) is 0 Å². The Balaban J connectivity index is 3.56. The smallest absolute Gasteiger partial charge is 0.00258 e. The molecule has 0 aromatic rings. The summed E-state index contributed by atoms with van der Waals surface area (Å²) in [6.07, 6.45) is 8.34. The van der Waals surface area contributed by atoms with Gasteiger partial charge in [-0.2, -0.15) is 0 Å². The molecule has 0 saturated carbocycles. The van der Waals surface area contributed by atoms with Crippen LogP contribution in [0.25, 0.3) is 0 Å². The van der Waals surface area contributed by atoms with Crippen molar-refractivity contribution >= 4 is 0 Å². The predicted molar refractivity (Wildman–Crippen MR) is 79.4 cm³/mol. The third-order valence-corrected chi connectivity index (χ3v) is 3.65. The number of rotatable bonds is 11. The minimum Gasteiger partial charge on any atom is -0.316 e. The van der Waals surface area contributed by atoms with E-state index >= 15 is 0 Å². The zero-order valence-electron chi connectivity index (χ0n) is 12.9. The summed E-state index contributed by atoms with van der Waals surface area (Å²) in [5, 5.41) is 3.55. The maximum atomic E-state index is 3.55. The van der Waals surface area contributed by atoms with E-state index in [1.165, 1.54) is 51.6 Å². The normalized spacial score (nSPS) is 15.2. The lowest BCUT2D eigenvalue weighted by Crippen LogP contribution is -2.22. The molecule has 0 aromatic carbocycles. The summed E-state index contributed by atoms with van der Waals surface area (Å²) in [5.74, 6) is 2.63. The summed E-state index contributed by atoms with van der Waals surface area (Å²) in [6.45, 7) is 14.0. The van der Waals surface area contributed by atoms with Gasteiger partial charge in [0.25, 0.3) is 0 Å². The first-order chi connectivity index (χ1) is 8.10. The van der Waals surface area contributed by atoms with Crippen LogP contribution >= 0.6 is 0 Å². The van der Waals surface area contributed by atoms with Gasteiger partial charge in [0.15, 0.2) is 0 Å². The number of unbranched alkanes of at least 4 members (excludes halogenated alkanes) is 1. The van der Waals surface area contributed by atoms with E-state index in [1.54, 1.807) is 0 Å². The lowest BCUT2D eigenvalue weighted by molar-refractivity contribution is 0.335. The summed E-state index contributed by atoms with van der Waals surface area (Å²) in [6, 6.07) is 0. The molecule has 0 aliphatic rings. The van der Waals surface area contributed by atoms with Crippen LogP contribution < -0.4 is 5.32 Å². The highest BCUT2D eigenvalue weighted by Gasteiger charge is 2.11. The molecule has 0 radical (unpaired) electrons. The van der Waals surface area contributed by atoms with Crippen LogP contribution in [0.1, 0.15) is 73.1 Å². The van der Waals surface area contributed by atoms with Crippen molar-refractivity contribution in [3.05, 3.63) is 0 Å². The molecule has 17 heavy (non-hydrogen) atoms. The molecule has 0 fully saturated rings. The van der Waals surface area contributed by atoms with Crippen molar-refractivity contribution in [2.45, 2.75) is 73.1 Å². The summed E-state index contributed by atoms with van der Waals surface area (Å²) >= 11 is 0. The second-order valence-corrected chi connectivity index (χ2v) is 6.14. The molecule has 0 aliphatic carbocycles. The van der Waals surface area contributed by atoms with Crippen LogP contribution in [0.4, 0.5) is 0 Å². The molecule has 0 spiro atoms. The monoisotopic (exact) mass is 241 g/mol. The van der Waals surface area contributed by atoms with E-state index < -0.39 is 0 Å². The summed E-state index contributed by atoms with van der Waals surface area (Å²) < 4.78 is 0. The SMILES string of the molecule is CCCCC(CC)CC(C)CCNCC(C)C. The van der Waals surface area contributed by atoms with Crippen molar-refractivity contribution in [1.82, 2.24) is 5.32 Å². The van der Waals surface area contributed by atoms with E-state index in [-0.39, 0.29) is 0 Å². The van der Waals surface area contributed by atoms with Gasteiger partial charge >= 0.3 is 0 Å². The van der Waals surface area contributed by atoms with Gasteiger partial charge in [0, 0.05) is 0 Å². The molecule has 0 rings (SSSR count). The zero-order valence-corrected chi connectivity index (χ0v) is 12.9. The Bertz CT molecular complexity index is 154. The molecule has 0 saturated heterocycles. The van der Waals surface area contributed by atoms with E-state index in [2.05, 4.69) is 39.9 Å². The molecule has 104 valence electrons. The van der Waals surface area contributed by atoms with Crippen LogP contribution in [0, 0.1) is 17.8 Å². The molecule has 0 heterocycles. The van der Waals surface area contributed by atoms with Gasteiger partial charge in [0.05, 0.1) is 0 Å². The number of hydrogen-bond acceptors (Lipinski definition) is 1. The molecule has 1 nitrogen and oxygen atoms in total. The highest BCUT2D eigenvalue weighted by atomic mass is 14.8. The first-order valence-corrected chi connectivity index (χ1v) is 7.80. The van der Waals surface area contributed by atoms with E-state index in [0.29, 0.717) is 0 Å². The van der Waals surface area contributed by atoms with Crippen molar-refractivity contribution in [2.75, 3.05) is 13.1 Å². The fourth-order valence-electron chi connectivity index (χ4n) is 2.41. The van der Waals surface area contributed by atoms with E-state index in [0.717, 1.165) is 17.8 Å². The summed E-state index contributed by atoms with van der Waals surface area (Å²) in [7, 11) is 0. The van der Waals surface area contributed by atoms with Crippen LogP contribution in [0.3, 0.4) is 0 Å². The standard InChI is InChI=1S/C16H35N/c1-6-8-9-16(7-2)12-15(5)10-11-17-13-14(3)4/h14-17H,6-13H2,1-5H3. The minimum atomic E-state index is 0.776. The Labute approximate surface area is 110 Å². The lowest BCUT2D eigenvalue weighted by Gasteiger charge is -2.20. The van der Waals surface area contributed by atoms with Crippen LogP contribution in [-0.4, -0.2) is 13.1 Å². The lowest BCUT2D eigenvalue weighted by atomic mass is 9.88. The first kappa shape index (κ1) is 17.0. The highest BCUT2D eigenvalue weighted by molar-refractivity contribution is 4.64. The quantitative estimate of drug-likeness (QED) is 0.509. The van der Waals surface area contributed by atoms with Gasteiger partial charge in [-0.05, 0) is 43.7 Å². The third kappa shape index (κ3) is 10.8. The maximum Gasteiger partial charge on any atom is -0.00258 e. The third-order valence-electron chi connectivity index (χ3n) is 3.65. The summed E-state index contributed by atoms with van der Waals surface area (Å²) in [5.41, 5.74) is 0. The topological polar surface area (TPSA) is 12.0 Å². The molecule has 0 bridgehead atoms. The molecule has 0 aromatic heterocycles. The summed E-state index contributed by atoms with van der Waals surface area (Å²) in [4.78, 5) is 0. The van der Waals surface area contributed by atoms with Gasteiger partial charge < -0.3 is 5.32 Å². The van der Waals surface area contributed by atoms with Crippen molar-refractivity contribution in [1.29, 1.82) is 0 Å². The molecule has 1 N–H and O–H groups in total. The van der Waals surface area contributed by atoms with Gasteiger partial charge in [-0.3, -0.25) is 0 Å². The number of nitrogens with one attached hydrogen (secondary N) is 1. The second kappa shape index (κ2) is 11.1. The van der Waals surface area contributed by atoms with E-state index in [1.807, 2.05) is 0 Å². The molecule has 1 heteroatoms. The van der Waals surface area contributed by atoms with E-state index in [4.69, 9.17) is 0 Å². The Kier molecular flexibility index (Phi) is 11.0. The van der Waals surface area contributed by atoms with Gasteiger partial charge in [-0.1, -0.05) is 60.3 Å². The van der Waals surface area contributed by atoms with Gasteiger partial charge in [0.1, 0.15) is 0 Å². The number of hydrogen-bond donors (Lipinski definition) is 1. The second-order valence-electron chi connectivity index (χ2n) is 6.14. The Hall–Kier alpha value is -0.0400. The molecule has 2 unspecified atom stereocenters. The van der Waals surface area contributed by atoms with Gasteiger partial charge in [0.2, 0.25) is 0 Å². The molecule has 0 amide bonds. The average Bonchev–Trinajstić information content (AvgIpc) is 2.29. The molecular formula is C16H35N. The predicted octanol–water partition coefficient (Wildman–Crippen LogP) is 4.86. The largest absolute Gasteiger partial charge is 0.316 e. The van der Waals surface area contributed by atoms with Gasteiger partial charge in [-0.25, -0.2) is 0 Å². The van der Waals surface area contributed by atoms with Crippen LogP contribution in [0.5, 0.6) is 0 Å². The Morgan fingerprint density at radius 3 is 2.24 bits per heavy atom. The Morgan fingerprint density at radius 2 is 1.71 bits per heavy atom. The van der Waals surface area contributed by atoms with Crippen LogP contribution in [0.2, 0.25) is 0 Å². The molecular weight excluding hydrogens is 206 g/mol. The van der Waals surface area contributed by atoms with E-state index in [9.17, 15) is 0 Å². The van der Waals surface area contributed by atoms with Crippen molar-refractivity contribution in [3.8, 4) is 0 Å². The first-order valence-electron chi connectivity index (χ1n) is 7.80. The van der Waals surface area contributed by atoms with Crippen molar-refractivity contribution in [2.24, 2.45) is 17.8 Å². The van der Waals surface area contributed by atoms with Crippen LogP contribution in [-0.2, 0) is 0 Å². The fourth-order valence-corrected chi connectivity index (χ4v) is 2.41. The highest BCUT2D eigenvalue weighted by Crippen LogP contribution is 2.22. The molecule has 2 atom stereocenters. The molecule has 0 aliphatic heterocycles. The van der Waals surface area contributed by atoms with Crippen LogP contribution in [0.15, 0.2) is 0 Å². The minimum absolute atomic E-state index is 0.776. The fraction of sp³-hybridized carbons (Fsp3) is 1.00. The van der Waals surface area contributed by atoms with Crippen molar-refractivity contribution < 1.29 is 0 Å².